The van der Waals surface area contributed by atoms with Crippen molar-refractivity contribution in [1.29, 1.82) is 0 Å². The monoisotopic (exact) mass is 569 g/mol. The van der Waals surface area contributed by atoms with Gasteiger partial charge in [-0.3, -0.25) is 0 Å². The molecule has 2 N–H and O–H groups in total. The zero-order valence-electron chi connectivity index (χ0n) is 24.1. The van der Waals surface area contributed by atoms with Gasteiger partial charge in [-0.2, -0.15) is 0 Å². The van der Waals surface area contributed by atoms with E-state index in [-0.39, 0.29) is 5.66 Å². The molecule has 218 valence electrons. The molecule has 2 rings (SSSR count). The lowest BCUT2D eigenvalue weighted by atomic mass is 10.0. The molecule has 0 amide bonds. The molecule has 8 nitrogen and oxygen atoms in total. The number of hydrogen-bond donors (Lipinski definition) is 1. The Hall–Kier alpha value is -1.12. The molecule has 2 heterocycles. The third kappa shape index (κ3) is 12.4. The van der Waals surface area contributed by atoms with E-state index in [9.17, 15) is 0 Å². The Morgan fingerprint density at radius 1 is 0.842 bits per heavy atom. The summed E-state index contributed by atoms with van der Waals surface area (Å²) in [6, 6.07) is 0. The molecule has 0 bridgehead atoms. The summed E-state index contributed by atoms with van der Waals surface area (Å²) >= 11 is 5.80. The van der Waals surface area contributed by atoms with Gasteiger partial charge in [-0.1, -0.05) is 97.3 Å². The van der Waals surface area contributed by atoms with Gasteiger partial charge in [0.2, 0.25) is 0 Å². The van der Waals surface area contributed by atoms with E-state index >= 15 is 0 Å². The van der Waals surface area contributed by atoms with Gasteiger partial charge in [-0.05, 0) is 24.6 Å². The Morgan fingerprint density at radius 3 is 2.03 bits per heavy atom. The topological polar surface area (TPSA) is 97.3 Å². The standard InChI is InChI=1S/C28H52N5O3PS/c1-4-5-6-7-8-9-10-11-12-13-14-15-16-17-19-35-20-18-21-36-37(38,34-3)25(2)22-33-24-32-26-27(29)30-23-31-28(26)33/h23-25H,4-22H2,1-3H3,(H2,29,30,31)/t25-,37-/m1/s1. The first-order valence-corrected chi connectivity index (χ1v) is 17.5. The number of ether oxygens (including phenoxy) is 1. The lowest BCUT2D eigenvalue weighted by molar-refractivity contribution is 0.115. The molecule has 0 radical (unpaired) electrons. The van der Waals surface area contributed by atoms with Gasteiger partial charge in [0.25, 0.3) is 0 Å². The van der Waals surface area contributed by atoms with Gasteiger partial charge < -0.3 is 24.1 Å². The van der Waals surface area contributed by atoms with E-state index in [4.69, 9.17) is 31.3 Å². The number of nitrogen functional groups attached to an aromatic ring is 1. The van der Waals surface area contributed by atoms with Crippen molar-refractivity contribution < 1.29 is 13.8 Å². The van der Waals surface area contributed by atoms with Crippen molar-refractivity contribution in [3.8, 4) is 0 Å². The minimum Gasteiger partial charge on any atom is -0.382 e. The van der Waals surface area contributed by atoms with Crippen LogP contribution in [0.2, 0.25) is 0 Å². The maximum atomic E-state index is 6.09. The highest BCUT2D eigenvalue weighted by atomic mass is 32.5. The second-order valence-corrected chi connectivity index (χ2v) is 14.4. The number of nitrogens with zero attached hydrogens (tertiary/aromatic N) is 4. The first kappa shape index (κ1) is 33.1. The van der Waals surface area contributed by atoms with E-state index in [2.05, 4.69) is 21.9 Å². The van der Waals surface area contributed by atoms with E-state index < -0.39 is 6.49 Å². The van der Waals surface area contributed by atoms with Crippen LogP contribution in [0.1, 0.15) is 110 Å². The van der Waals surface area contributed by atoms with Crippen LogP contribution in [-0.4, -0.2) is 52.1 Å². The van der Waals surface area contributed by atoms with Crippen molar-refractivity contribution in [2.75, 3.05) is 32.7 Å². The van der Waals surface area contributed by atoms with E-state index in [0.29, 0.717) is 36.7 Å². The summed E-state index contributed by atoms with van der Waals surface area (Å²) in [6.45, 7) is 4.51. The van der Waals surface area contributed by atoms with Crippen LogP contribution in [0.3, 0.4) is 0 Å². The molecule has 2 atom stereocenters. The molecule has 0 aliphatic heterocycles. The second-order valence-electron chi connectivity index (χ2n) is 10.3. The summed E-state index contributed by atoms with van der Waals surface area (Å²) in [5, 5.41) is 0. The molecule has 0 aromatic carbocycles. The molecule has 0 fully saturated rings. The average molecular weight is 570 g/mol. The summed E-state index contributed by atoms with van der Waals surface area (Å²) in [6.07, 6.45) is 23.2. The Morgan fingerprint density at radius 2 is 1.42 bits per heavy atom. The summed E-state index contributed by atoms with van der Waals surface area (Å²) in [4.78, 5) is 12.6. The molecular weight excluding hydrogens is 517 g/mol. The number of rotatable bonds is 24. The Labute approximate surface area is 236 Å². The highest BCUT2D eigenvalue weighted by Crippen LogP contribution is 2.53. The van der Waals surface area contributed by atoms with Gasteiger partial charge in [0, 0.05) is 26.9 Å². The lowest BCUT2D eigenvalue weighted by Gasteiger charge is -2.27. The second kappa shape index (κ2) is 19.9. The van der Waals surface area contributed by atoms with Crippen LogP contribution in [0.5, 0.6) is 0 Å². The quantitative estimate of drug-likeness (QED) is 0.102. The van der Waals surface area contributed by atoms with Crippen LogP contribution >= 0.6 is 6.49 Å². The molecule has 0 saturated carbocycles. The van der Waals surface area contributed by atoms with Crippen LogP contribution in [0.4, 0.5) is 5.82 Å². The Kier molecular flexibility index (Phi) is 17.3. The number of anilines is 1. The SMILES string of the molecule is CCCCCCCCCCCCCCCCOCCCO[P@](=S)(OC)[C@H](C)Cn1cnc2c(N)ncnc21. The number of fused-ring (bicyclic) bond motifs is 1. The Bertz CT molecular complexity index is 929. The highest BCUT2D eigenvalue weighted by Gasteiger charge is 2.27. The number of hydrogen-bond acceptors (Lipinski definition) is 8. The van der Waals surface area contributed by atoms with Crippen LogP contribution in [0, 0.1) is 0 Å². The fraction of sp³-hybridized carbons (Fsp3) is 0.821. The van der Waals surface area contributed by atoms with Crippen LogP contribution in [0.15, 0.2) is 12.7 Å². The van der Waals surface area contributed by atoms with Crippen LogP contribution < -0.4 is 5.73 Å². The molecule has 2 aromatic heterocycles. The van der Waals surface area contributed by atoms with Crippen molar-refractivity contribution >= 4 is 35.3 Å². The van der Waals surface area contributed by atoms with Crippen molar-refractivity contribution in [2.45, 2.75) is 122 Å². The van der Waals surface area contributed by atoms with Gasteiger partial charge in [-0.25, -0.2) is 15.0 Å². The molecule has 0 aliphatic carbocycles. The van der Waals surface area contributed by atoms with E-state index in [1.165, 1.54) is 89.8 Å². The van der Waals surface area contributed by atoms with Gasteiger partial charge in [-0.15, -0.1) is 0 Å². The molecule has 0 aliphatic rings. The molecule has 38 heavy (non-hydrogen) atoms. The first-order valence-electron chi connectivity index (χ1n) is 14.8. The summed E-state index contributed by atoms with van der Waals surface area (Å²) in [7, 11) is 1.63. The lowest BCUT2D eigenvalue weighted by Crippen LogP contribution is -2.16. The largest absolute Gasteiger partial charge is 0.382 e. The number of aromatic nitrogens is 4. The third-order valence-electron chi connectivity index (χ3n) is 7.03. The molecule has 0 unspecified atom stereocenters. The van der Waals surface area contributed by atoms with Crippen LogP contribution in [0.25, 0.3) is 11.2 Å². The molecule has 0 saturated heterocycles. The zero-order chi connectivity index (χ0) is 27.5. The number of nitrogens with two attached hydrogens (primary N) is 1. The van der Waals surface area contributed by atoms with Gasteiger partial charge in [0.15, 0.2) is 18.0 Å². The average Bonchev–Trinajstić information content (AvgIpc) is 3.33. The van der Waals surface area contributed by atoms with Crippen molar-refractivity contribution in [3.63, 3.8) is 0 Å². The predicted molar refractivity (Wildman–Crippen MR) is 162 cm³/mol. The van der Waals surface area contributed by atoms with Gasteiger partial charge in [0.1, 0.15) is 11.8 Å². The van der Waals surface area contributed by atoms with E-state index in [1.54, 1.807) is 13.4 Å². The first-order chi connectivity index (χ1) is 18.5. The zero-order valence-corrected chi connectivity index (χ0v) is 25.8. The number of unbranched alkanes of at least 4 members (excludes halogenated alkanes) is 13. The summed E-state index contributed by atoms with van der Waals surface area (Å²) in [5.74, 6) is 0.373. The highest BCUT2D eigenvalue weighted by molar-refractivity contribution is 8.10. The maximum absolute atomic E-state index is 6.09. The van der Waals surface area contributed by atoms with E-state index in [1.807, 2.05) is 11.5 Å². The summed E-state index contributed by atoms with van der Waals surface area (Å²) in [5.41, 5.74) is 7.18. The predicted octanol–water partition coefficient (Wildman–Crippen LogP) is 7.66. The Balaban J connectivity index is 1.45. The minimum absolute atomic E-state index is 0.00689. The van der Waals surface area contributed by atoms with Gasteiger partial charge >= 0.3 is 0 Å². The maximum Gasteiger partial charge on any atom is 0.193 e. The van der Waals surface area contributed by atoms with Gasteiger partial charge in [0.05, 0.1) is 18.6 Å². The minimum atomic E-state index is -2.46. The molecule has 0 spiro atoms. The fourth-order valence-electron chi connectivity index (χ4n) is 4.63. The number of imidazole rings is 1. The van der Waals surface area contributed by atoms with E-state index in [0.717, 1.165) is 19.4 Å². The van der Waals surface area contributed by atoms with Crippen molar-refractivity contribution in [1.82, 2.24) is 19.5 Å². The molecule has 10 heteroatoms. The van der Waals surface area contributed by atoms with Crippen molar-refractivity contribution in [3.05, 3.63) is 12.7 Å². The summed E-state index contributed by atoms with van der Waals surface area (Å²) < 4.78 is 19.5. The van der Waals surface area contributed by atoms with Crippen molar-refractivity contribution in [2.24, 2.45) is 0 Å². The smallest absolute Gasteiger partial charge is 0.193 e. The van der Waals surface area contributed by atoms with Crippen LogP contribution in [-0.2, 0) is 32.1 Å². The third-order valence-corrected chi connectivity index (χ3v) is 11.2. The normalized spacial score (nSPS) is 14.2. The molecular formula is C28H52N5O3PS. The molecule has 2 aromatic rings. The fourth-order valence-corrected chi connectivity index (χ4v) is 6.53.